The zero-order valence-electron chi connectivity index (χ0n) is 10.4. The average Bonchev–Trinajstić information content (AvgIpc) is 3.15. The van der Waals surface area contributed by atoms with Crippen molar-refractivity contribution in [1.29, 1.82) is 0 Å². The van der Waals surface area contributed by atoms with Crippen LogP contribution in [-0.2, 0) is 6.54 Å². The van der Waals surface area contributed by atoms with E-state index in [1.807, 2.05) is 0 Å². The summed E-state index contributed by atoms with van der Waals surface area (Å²) >= 11 is 5.85. The maximum absolute atomic E-state index is 13.7. The molecule has 1 fully saturated rings. The van der Waals surface area contributed by atoms with E-state index in [2.05, 4.69) is 10.3 Å². The van der Waals surface area contributed by atoms with Gasteiger partial charge < -0.3 is 5.11 Å². The number of carboxylic acids is 1. The van der Waals surface area contributed by atoms with Crippen LogP contribution in [0, 0.1) is 5.82 Å². The fourth-order valence-corrected chi connectivity index (χ4v) is 2.37. The lowest BCUT2D eigenvalue weighted by Crippen LogP contribution is -2.09. The number of carbonyl (C=O) groups is 1. The van der Waals surface area contributed by atoms with Gasteiger partial charge in [0, 0.05) is 16.5 Å². The predicted molar refractivity (Wildman–Crippen MR) is 69.5 cm³/mol. The Bertz CT molecular complexity index is 682. The fraction of sp³-hybridized carbons (Fsp3) is 0.308. The highest BCUT2D eigenvalue weighted by Gasteiger charge is 2.33. The fourth-order valence-electron chi connectivity index (χ4n) is 2.18. The second kappa shape index (κ2) is 4.86. The molecule has 0 atom stereocenters. The summed E-state index contributed by atoms with van der Waals surface area (Å²) in [5.74, 6) is -1.36. The number of hydrogen-bond donors (Lipinski definition) is 1. The zero-order valence-corrected chi connectivity index (χ0v) is 11.1. The molecule has 0 aliphatic heterocycles. The van der Waals surface area contributed by atoms with Crippen LogP contribution in [0.2, 0.25) is 5.02 Å². The third-order valence-corrected chi connectivity index (χ3v) is 3.50. The molecule has 1 aromatic carbocycles. The van der Waals surface area contributed by atoms with Crippen molar-refractivity contribution in [2.24, 2.45) is 0 Å². The summed E-state index contributed by atoms with van der Waals surface area (Å²) in [4.78, 5) is 11.1. The Hall–Kier alpha value is -1.95. The number of carboxylic acid groups (broad SMARTS) is 1. The quantitative estimate of drug-likeness (QED) is 0.941. The van der Waals surface area contributed by atoms with Gasteiger partial charge in [0.2, 0.25) is 0 Å². The number of aromatic nitrogens is 3. The number of benzene rings is 1. The number of nitrogens with zero attached hydrogens (tertiary/aromatic N) is 3. The molecule has 7 heteroatoms. The summed E-state index contributed by atoms with van der Waals surface area (Å²) in [6, 6.07) is 4.26. The molecular weight excluding hydrogens is 285 g/mol. The van der Waals surface area contributed by atoms with Gasteiger partial charge in [0.15, 0.2) is 5.69 Å². The van der Waals surface area contributed by atoms with Gasteiger partial charge in [-0.05, 0) is 31.0 Å². The summed E-state index contributed by atoms with van der Waals surface area (Å²) in [7, 11) is 0. The Morgan fingerprint density at radius 3 is 2.90 bits per heavy atom. The van der Waals surface area contributed by atoms with Crippen molar-refractivity contribution < 1.29 is 14.3 Å². The van der Waals surface area contributed by atoms with Crippen molar-refractivity contribution in [2.75, 3.05) is 0 Å². The molecule has 1 N–H and O–H groups in total. The Balaban J connectivity index is 1.98. The first-order valence-electron chi connectivity index (χ1n) is 6.17. The van der Waals surface area contributed by atoms with E-state index in [0.717, 1.165) is 12.8 Å². The zero-order chi connectivity index (χ0) is 14.3. The number of halogens is 2. The molecule has 20 heavy (non-hydrogen) atoms. The molecule has 3 rings (SSSR count). The molecule has 2 aromatic rings. The molecule has 0 bridgehead atoms. The van der Waals surface area contributed by atoms with E-state index >= 15 is 0 Å². The topological polar surface area (TPSA) is 68.0 Å². The SMILES string of the molecule is O=C(O)c1nnn(Cc2cc(Cl)ccc2F)c1C1CC1. The molecule has 5 nitrogen and oxygen atoms in total. The lowest BCUT2D eigenvalue weighted by molar-refractivity contribution is 0.0689. The van der Waals surface area contributed by atoms with Gasteiger partial charge in [0.1, 0.15) is 5.82 Å². The summed E-state index contributed by atoms with van der Waals surface area (Å²) in [6.07, 6.45) is 1.82. The third-order valence-electron chi connectivity index (χ3n) is 3.27. The molecule has 0 radical (unpaired) electrons. The van der Waals surface area contributed by atoms with Gasteiger partial charge in [-0.3, -0.25) is 0 Å². The average molecular weight is 296 g/mol. The van der Waals surface area contributed by atoms with Crippen LogP contribution in [-0.4, -0.2) is 26.1 Å². The minimum Gasteiger partial charge on any atom is -0.476 e. The van der Waals surface area contributed by atoms with Gasteiger partial charge in [0.25, 0.3) is 0 Å². The van der Waals surface area contributed by atoms with Crippen molar-refractivity contribution in [3.05, 3.63) is 46.0 Å². The minimum absolute atomic E-state index is 0.0464. The molecule has 104 valence electrons. The van der Waals surface area contributed by atoms with E-state index < -0.39 is 11.8 Å². The second-order valence-corrected chi connectivity index (χ2v) is 5.23. The van der Waals surface area contributed by atoms with Crippen molar-refractivity contribution >= 4 is 17.6 Å². The van der Waals surface area contributed by atoms with Crippen LogP contribution >= 0.6 is 11.6 Å². The first-order valence-corrected chi connectivity index (χ1v) is 6.54. The normalized spacial score (nSPS) is 14.5. The van der Waals surface area contributed by atoms with E-state index in [1.54, 1.807) is 0 Å². The van der Waals surface area contributed by atoms with Crippen LogP contribution < -0.4 is 0 Å². The maximum atomic E-state index is 13.7. The van der Waals surface area contributed by atoms with Gasteiger partial charge in [-0.2, -0.15) is 0 Å². The number of hydrogen-bond acceptors (Lipinski definition) is 3. The van der Waals surface area contributed by atoms with Crippen molar-refractivity contribution in [1.82, 2.24) is 15.0 Å². The summed E-state index contributed by atoms with van der Waals surface area (Å²) in [5.41, 5.74) is 0.882. The molecule has 0 unspecified atom stereocenters. The lowest BCUT2D eigenvalue weighted by atomic mass is 10.2. The largest absolute Gasteiger partial charge is 0.476 e. The molecule has 1 heterocycles. The number of aromatic carboxylic acids is 1. The predicted octanol–water partition coefficient (Wildman–Crippen LogP) is 2.69. The molecule has 0 amide bonds. The first kappa shape index (κ1) is 13.1. The smallest absolute Gasteiger partial charge is 0.358 e. The molecule has 1 saturated carbocycles. The Kier molecular flexibility index (Phi) is 3.17. The van der Waals surface area contributed by atoms with Crippen LogP contribution in [0.15, 0.2) is 18.2 Å². The highest BCUT2D eigenvalue weighted by Crippen LogP contribution is 2.41. The Labute approximate surface area is 119 Å². The molecule has 0 saturated heterocycles. The van der Waals surface area contributed by atoms with E-state index in [1.165, 1.54) is 22.9 Å². The van der Waals surface area contributed by atoms with Crippen molar-refractivity contribution in [3.8, 4) is 0 Å². The highest BCUT2D eigenvalue weighted by molar-refractivity contribution is 6.30. The number of rotatable bonds is 4. The van der Waals surface area contributed by atoms with Crippen LogP contribution in [0.5, 0.6) is 0 Å². The van der Waals surface area contributed by atoms with Gasteiger partial charge >= 0.3 is 5.97 Å². The first-order chi connectivity index (χ1) is 9.56. The Morgan fingerprint density at radius 1 is 1.50 bits per heavy atom. The van der Waals surface area contributed by atoms with Crippen LogP contribution in [0.1, 0.15) is 40.5 Å². The summed E-state index contributed by atoms with van der Waals surface area (Å²) < 4.78 is 15.2. The third kappa shape index (κ3) is 2.38. The van der Waals surface area contributed by atoms with Gasteiger partial charge in [-0.15, -0.1) is 5.10 Å². The molecule has 1 aromatic heterocycles. The van der Waals surface area contributed by atoms with E-state index in [9.17, 15) is 9.18 Å². The maximum Gasteiger partial charge on any atom is 0.358 e. The molecule has 1 aliphatic carbocycles. The van der Waals surface area contributed by atoms with E-state index in [0.29, 0.717) is 16.3 Å². The van der Waals surface area contributed by atoms with Crippen LogP contribution in [0.3, 0.4) is 0 Å². The molecular formula is C13H11ClFN3O2. The van der Waals surface area contributed by atoms with Gasteiger partial charge in [-0.1, -0.05) is 16.8 Å². The highest BCUT2D eigenvalue weighted by atomic mass is 35.5. The summed E-state index contributed by atoms with van der Waals surface area (Å²) in [5, 5.41) is 17.1. The standard InChI is InChI=1S/C13H11ClFN3O2/c14-9-3-4-10(15)8(5-9)6-18-12(7-1-2-7)11(13(19)20)16-17-18/h3-5,7H,1-2,6H2,(H,19,20). The molecule has 1 aliphatic rings. The van der Waals surface area contributed by atoms with Gasteiger partial charge in [-0.25, -0.2) is 13.9 Å². The van der Waals surface area contributed by atoms with Crippen LogP contribution in [0.25, 0.3) is 0 Å². The minimum atomic E-state index is -1.11. The van der Waals surface area contributed by atoms with Gasteiger partial charge in [0.05, 0.1) is 12.2 Å². The van der Waals surface area contributed by atoms with E-state index in [4.69, 9.17) is 16.7 Å². The summed E-state index contributed by atoms with van der Waals surface area (Å²) in [6.45, 7) is 0.124. The monoisotopic (exact) mass is 295 g/mol. The van der Waals surface area contributed by atoms with E-state index in [-0.39, 0.29) is 18.2 Å². The van der Waals surface area contributed by atoms with Crippen molar-refractivity contribution in [2.45, 2.75) is 25.3 Å². The van der Waals surface area contributed by atoms with Crippen molar-refractivity contribution in [3.63, 3.8) is 0 Å². The Morgan fingerprint density at radius 2 is 2.25 bits per heavy atom. The van der Waals surface area contributed by atoms with Crippen LogP contribution in [0.4, 0.5) is 4.39 Å². The molecule has 0 spiro atoms. The second-order valence-electron chi connectivity index (χ2n) is 4.80. The lowest BCUT2D eigenvalue weighted by Gasteiger charge is -2.07.